The summed E-state index contributed by atoms with van der Waals surface area (Å²) in [5.74, 6) is -0.652. The lowest BCUT2D eigenvalue weighted by atomic mass is 10.2. The third kappa shape index (κ3) is 4.60. The van der Waals surface area contributed by atoms with E-state index >= 15 is 0 Å². The van der Waals surface area contributed by atoms with Crippen molar-refractivity contribution in [3.8, 4) is 0 Å². The molecule has 86 valence electrons. The Morgan fingerprint density at radius 2 is 2.13 bits per heavy atom. The first-order valence-electron chi connectivity index (χ1n) is 4.88. The summed E-state index contributed by atoms with van der Waals surface area (Å²) in [6.07, 6.45) is 0.318. The molecule has 15 heavy (non-hydrogen) atoms. The maximum atomic E-state index is 11.3. The van der Waals surface area contributed by atoms with Gasteiger partial charge in [-0.15, -0.1) is 6.58 Å². The molecule has 0 fully saturated rings. The van der Waals surface area contributed by atoms with Gasteiger partial charge in [-0.2, -0.15) is 0 Å². The van der Waals surface area contributed by atoms with Crippen LogP contribution in [-0.2, 0) is 4.79 Å². The van der Waals surface area contributed by atoms with E-state index in [1.54, 1.807) is 0 Å². The SMILES string of the molecule is C=CCC(=O)N(C(=O)O)C(O)CCCC. The van der Waals surface area contributed by atoms with Crippen LogP contribution in [-0.4, -0.2) is 33.3 Å². The van der Waals surface area contributed by atoms with Crippen molar-refractivity contribution in [1.82, 2.24) is 4.90 Å². The zero-order valence-corrected chi connectivity index (χ0v) is 8.85. The summed E-state index contributed by atoms with van der Waals surface area (Å²) in [5.41, 5.74) is 0. The van der Waals surface area contributed by atoms with Crippen LogP contribution < -0.4 is 0 Å². The van der Waals surface area contributed by atoms with E-state index in [0.29, 0.717) is 11.3 Å². The minimum absolute atomic E-state index is 0.0878. The number of rotatable bonds is 6. The van der Waals surface area contributed by atoms with Crippen LogP contribution >= 0.6 is 0 Å². The molecule has 0 aromatic rings. The van der Waals surface area contributed by atoms with Crippen molar-refractivity contribution in [2.24, 2.45) is 0 Å². The summed E-state index contributed by atoms with van der Waals surface area (Å²) in [5, 5.41) is 18.2. The van der Waals surface area contributed by atoms with E-state index in [1.807, 2.05) is 6.92 Å². The Labute approximate surface area is 89.0 Å². The monoisotopic (exact) mass is 215 g/mol. The lowest BCUT2D eigenvalue weighted by Gasteiger charge is -2.22. The first kappa shape index (κ1) is 13.6. The normalized spacial score (nSPS) is 11.9. The summed E-state index contributed by atoms with van der Waals surface area (Å²) in [4.78, 5) is 22.5. The molecule has 5 heteroatoms. The van der Waals surface area contributed by atoms with Crippen LogP contribution in [0.2, 0.25) is 0 Å². The molecule has 0 aliphatic heterocycles. The van der Waals surface area contributed by atoms with Gasteiger partial charge in [0.15, 0.2) is 0 Å². The van der Waals surface area contributed by atoms with Crippen LogP contribution in [0.25, 0.3) is 0 Å². The van der Waals surface area contributed by atoms with E-state index in [0.717, 1.165) is 6.42 Å². The zero-order valence-electron chi connectivity index (χ0n) is 8.85. The molecule has 0 saturated heterocycles. The summed E-state index contributed by atoms with van der Waals surface area (Å²) >= 11 is 0. The first-order chi connectivity index (χ1) is 7.04. The smallest absolute Gasteiger partial charge is 0.416 e. The van der Waals surface area contributed by atoms with Crippen molar-refractivity contribution in [3.63, 3.8) is 0 Å². The van der Waals surface area contributed by atoms with Crippen LogP contribution in [0, 0.1) is 0 Å². The lowest BCUT2D eigenvalue weighted by molar-refractivity contribution is -0.136. The second-order valence-electron chi connectivity index (χ2n) is 3.16. The Bertz CT molecular complexity index is 240. The number of aliphatic hydroxyl groups is 1. The van der Waals surface area contributed by atoms with Gasteiger partial charge in [-0.3, -0.25) is 4.79 Å². The molecular weight excluding hydrogens is 198 g/mol. The van der Waals surface area contributed by atoms with Crippen LogP contribution in [0.5, 0.6) is 0 Å². The Morgan fingerprint density at radius 3 is 2.53 bits per heavy atom. The van der Waals surface area contributed by atoms with Crippen molar-refractivity contribution in [1.29, 1.82) is 0 Å². The summed E-state index contributed by atoms with van der Waals surface area (Å²) in [6, 6.07) is 0. The van der Waals surface area contributed by atoms with Crippen molar-refractivity contribution in [2.75, 3.05) is 0 Å². The number of aliphatic hydroxyl groups excluding tert-OH is 1. The molecule has 1 unspecified atom stereocenters. The Hall–Kier alpha value is -1.36. The molecule has 0 saturated carbocycles. The third-order valence-electron chi connectivity index (χ3n) is 1.91. The quantitative estimate of drug-likeness (QED) is 0.521. The lowest BCUT2D eigenvalue weighted by Crippen LogP contribution is -2.43. The molecular formula is C10H17NO4. The zero-order chi connectivity index (χ0) is 11.8. The predicted molar refractivity (Wildman–Crippen MR) is 55.2 cm³/mol. The molecule has 0 aromatic heterocycles. The van der Waals surface area contributed by atoms with Gasteiger partial charge in [0.2, 0.25) is 5.91 Å². The number of imide groups is 1. The van der Waals surface area contributed by atoms with E-state index in [9.17, 15) is 14.7 Å². The fourth-order valence-corrected chi connectivity index (χ4v) is 1.14. The Balaban J connectivity index is 4.43. The van der Waals surface area contributed by atoms with Crippen molar-refractivity contribution in [3.05, 3.63) is 12.7 Å². The standard InChI is InChI=1S/C10H17NO4/c1-3-5-7-9(13)11(10(14)15)8(12)6-4-2/h4,9,13H,2-3,5-7H2,1H3,(H,14,15). The molecule has 1 atom stereocenters. The van der Waals surface area contributed by atoms with Gasteiger partial charge in [0.1, 0.15) is 6.23 Å². The maximum absolute atomic E-state index is 11.3. The Morgan fingerprint density at radius 1 is 1.53 bits per heavy atom. The van der Waals surface area contributed by atoms with Gasteiger partial charge in [-0.1, -0.05) is 19.4 Å². The molecule has 0 radical (unpaired) electrons. The molecule has 2 N–H and O–H groups in total. The van der Waals surface area contributed by atoms with Crippen LogP contribution in [0.1, 0.15) is 32.6 Å². The highest BCUT2D eigenvalue weighted by molar-refractivity contribution is 5.91. The van der Waals surface area contributed by atoms with Gasteiger partial charge in [-0.25, -0.2) is 9.69 Å². The number of carbonyl (C=O) groups excluding carboxylic acids is 1. The second kappa shape index (κ2) is 7.00. The average molecular weight is 215 g/mol. The van der Waals surface area contributed by atoms with Crippen LogP contribution in [0.15, 0.2) is 12.7 Å². The topological polar surface area (TPSA) is 77.8 Å². The van der Waals surface area contributed by atoms with Gasteiger partial charge >= 0.3 is 6.09 Å². The minimum atomic E-state index is -1.43. The van der Waals surface area contributed by atoms with E-state index < -0.39 is 18.2 Å². The molecule has 0 aliphatic rings. The van der Waals surface area contributed by atoms with Crippen LogP contribution in [0.3, 0.4) is 0 Å². The summed E-state index contributed by atoms with van der Waals surface area (Å²) in [6.45, 7) is 5.26. The predicted octanol–water partition coefficient (Wildman–Crippen LogP) is 1.58. The first-order valence-corrected chi connectivity index (χ1v) is 4.88. The fourth-order valence-electron chi connectivity index (χ4n) is 1.14. The van der Waals surface area contributed by atoms with Gasteiger partial charge < -0.3 is 10.2 Å². The van der Waals surface area contributed by atoms with Gasteiger partial charge in [-0.05, 0) is 12.8 Å². The second-order valence-corrected chi connectivity index (χ2v) is 3.16. The molecule has 0 spiro atoms. The third-order valence-corrected chi connectivity index (χ3v) is 1.91. The summed E-state index contributed by atoms with van der Waals surface area (Å²) in [7, 11) is 0. The number of amides is 2. The van der Waals surface area contributed by atoms with Crippen molar-refractivity contribution in [2.45, 2.75) is 38.8 Å². The number of carbonyl (C=O) groups is 2. The van der Waals surface area contributed by atoms with E-state index in [2.05, 4.69) is 6.58 Å². The number of carboxylic acid groups (broad SMARTS) is 1. The maximum Gasteiger partial charge on any atom is 0.416 e. The number of hydrogen-bond acceptors (Lipinski definition) is 3. The van der Waals surface area contributed by atoms with Crippen molar-refractivity contribution < 1.29 is 19.8 Å². The highest BCUT2D eigenvalue weighted by atomic mass is 16.4. The highest BCUT2D eigenvalue weighted by Gasteiger charge is 2.26. The molecule has 0 aliphatic carbocycles. The van der Waals surface area contributed by atoms with Gasteiger partial charge in [0.25, 0.3) is 0 Å². The number of unbranched alkanes of at least 4 members (excludes halogenated alkanes) is 1. The fraction of sp³-hybridized carbons (Fsp3) is 0.600. The van der Waals surface area contributed by atoms with Gasteiger partial charge in [0.05, 0.1) is 0 Å². The number of nitrogens with zero attached hydrogens (tertiary/aromatic N) is 1. The van der Waals surface area contributed by atoms with E-state index in [1.165, 1.54) is 6.08 Å². The van der Waals surface area contributed by atoms with Gasteiger partial charge in [0, 0.05) is 6.42 Å². The molecule has 0 heterocycles. The van der Waals surface area contributed by atoms with E-state index in [-0.39, 0.29) is 12.8 Å². The molecule has 0 rings (SSSR count). The Kier molecular flexibility index (Phi) is 6.37. The molecule has 0 aromatic carbocycles. The highest BCUT2D eigenvalue weighted by Crippen LogP contribution is 2.08. The molecule has 5 nitrogen and oxygen atoms in total. The molecule has 0 bridgehead atoms. The molecule has 2 amide bonds. The van der Waals surface area contributed by atoms with Crippen molar-refractivity contribution >= 4 is 12.0 Å². The minimum Gasteiger partial charge on any atom is -0.465 e. The summed E-state index contributed by atoms with van der Waals surface area (Å²) < 4.78 is 0. The average Bonchev–Trinajstić information content (AvgIpc) is 2.14. The number of hydrogen-bond donors (Lipinski definition) is 2. The van der Waals surface area contributed by atoms with Crippen LogP contribution in [0.4, 0.5) is 4.79 Å². The largest absolute Gasteiger partial charge is 0.465 e. The van der Waals surface area contributed by atoms with E-state index in [4.69, 9.17) is 5.11 Å².